The fourth-order valence-corrected chi connectivity index (χ4v) is 0.654. The average Bonchev–Trinajstić information content (AvgIpc) is 2.06. The largest absolute Gasteiger partial charge is 0.507 e. The Morgan fingerprint density at radius 2 is 1.77 bits per heavy atom. The van der Waals surface area contributed by atoms with E-state index in [-0.39, 0.29) is 11.3 Å². The molecular formula is C9H12O3Si. The first-order valence-electron chi connectivity index (χ1n) is 3.73. The molecule has 0 spiro atoms. The molecule has 1 rings (SSSR count). The van der Waals surface area contributed by atoms with Gasteiger partial charge in [-0.1, -0.05) is 25.2 Å². The molecule has 0 bridgehead atoms. The monoisotopic (exact) mass is 196 g/mol. The van der Waals surface area contributed by atoms with Gasteiger partial charge in [0.25, 0.3) is 0 Å². The van der Waals surface area contributed by atoms with Crippen molar-refractivity contribution in [2.24, 2.45) is 0 Å². The van der Waals surface area contributed by atoms with Crippen LogP contribution in [0.1, 0.15) is 10.4 Å². The van der Waals surface area contributed by atoms with Crippen molar-refractivity contribution in [1.82, 2.24) is 0 Å². The van der Waals surface area contributed by atoms with E-state index in [1.165, 1.54) is 12.1 Å². The average molecular weight is 196 g/mol. The summed E-state index contributed by atoms with van der Waals surface area (Å²) in [5.74, 6) is -1.31. The molecule has 0 aromatic heterocycles. The maximum absolute atomic E-state index is 10.3. The lowest BCUT2D eigenvalue weighted by atomic mass is 10.2. The van der Waals surface area contributed by atoms with Crippen molar-refractivity contribution in [3.8, 4) is 5.75 Å². The zero-order valence-corrected chi connectivity index (χ0v) is 8.61. The van der Waals surface area contributed by atoms with Gasteiger partial charge in [-0.3, -0.25) is 0 Å². The van der Waals surface area contributed by atoms with Crippen LogP contribution in [0.25, 0.3) is 0 Å². The Morgan fingerprint density at radius 3 is 2.08 bits per heavy atom. The Hall–Kier alpha value is -1.29. The predicted molar refractivity (Wildman–Crippen MR) is 52.5 cm³/mol. The minimum atomic E-state index is -1.11. The zero-order chi connectivity index (χ0) is 10.3. The minimum absolute atomic E-state index is 0.0671. The molecule has 0 fully saturated rings. The summed E-state index contributed by atoms with van der Waals surface area (Å²) in [5, 5.41) is 17.3. The van der Waals surface area contributed by atoms with Crippen LogP contribution in [0, 0.1) is 0 Å². The molecule has 0 unspecified atom stereocenters. The summed E-state index contributed by atoms with van der Waals surface area (Å²) in [6.07, 6.45) is 0. The van der Waals surface area contributed by atoms with Crippen LogP contribution in [0.4, 0.5) is 0 Å². The van der Waals surface area contributed by atoms with Crippen LogP contribution in [0.5, 0.6) is 5.75 Å². The van der Waals surface area contributed by atoms with Gasteiger partial charge in [-0.05, 0) is 12.1 Å². The lowest BCUT2D eigenvalue weighted by molar-refractivity contribution is 0.0694. The molecular weight excluding hydrogens is 184 g/mol. The van der Waals surface area contributed by atoms with Gasteiger partial charge in [0.05, 0.1) is 0 Å². The number of hydrogen-bond donors (Lipinski definition) is 2. The van der Waals surface area contributed by atoms with Crippen molar-refractivity contribution < 1.29 is 15.0 Å². The number of phenols is 1. The van der Waals surface area contributed by atoms with Gasteiger partial charge in [-0.15, -0.1) is 0 Å². The molecule has 3 nitrogen and oxygen atoms in total. The van der Waals surface area contributed by atoms with E-state index in [1.807, 2.05) is 0 Å². The molecule has 2 N–H and O–H groups in total. The lowest BCUT2D eigenvalue weighted by Gasteiger charge is -1.95. The second-order valence-corrected chi connectivity index (χ2v) is 3.32. The summed E-state index contributed by atoms with van der Waals surface area (Å²) >= 11 is 0. The van der Waals surface area contributed by atoms with E-state index < -0.39 is 5.97 Å². The van der Waals surface area contributed by atoms with Crippen LogP contribution in [-0.4, -0.2) is 25.7 Å². The predicted octanol–water partition coefficient (Wildman–Crippen LogP) is 1.88. The molecule has 13 heavy (non-hydrogen) atoms. The highest BCUT2D eigenvalue weighted by molar-refractivity contribution is 6.31. The maximum Gasteiger partial charge on any atom is 0.339 e. The van der Waals surface area contributed by atoms with Crippen LogP contribution in [0.2, 0.25) is 13.1 Å². The normalized spacial score (nSPS) is 8.46. The molecule has 0 aliphatic heterocycles. The van der Waals surface area contributed by atoms with Gasteiger partial charge < -0.3 is 10.2 Å². The van der Waals surface area contributed by atoms with E-state index in [0.29, 0.717) is 0 Å². The summed E-state index contributed by atoms with van der Waals surface area (Å²) < 4.78 is 0. The van der Waals surface area contributed by atoms with Gasteiger partial charge in [0.1, 0.15) is 11.3 Å². The summed E-state index contributed by atoms with van der Waals surface area (Å²) in [4.78, 5) is 10.3. The van der Waals surface area contributed by atoms with Crippen molar-refractivity contribution in [3.05, 3.63) is 29.8 Å². The van der Waals surface area contributed by atoms with Crippen LogP contribution in [-0.2, 0) is 0 Å². The van der Waals surface area contributed by atoms with Gasteiger partial charge >= 0.3 is 5.97 Å². The lowest BCUT2D eigenvalue weighted by Crippen LogP contribution is -1.95. The van der Waals surface area contributed by atoms with E-state index in [1.54, 1.807) is 12.1 Å². The van der Waals surface area contributed by atoms with Gasteiger partial charge in [0, 0.05) is 9.52 Å². The molecule has 2 radical (unpaired) electrons. The van der Waals surface area contributed by atoms with Gasteiger partial charge in [-0.2, -0.15) is 0 Å². The number of carboxylic acids is 1. The summed E-state index contributed by atoms with van der Waals surface area (Å²) in [6.45, 7) is 4.31. The first kappa shape index (κ1) is 11.7. The van der Waals surface area contributed by atoms with E-state index in [9.17, 15) is 4.79 Å². The molecule has 0 saturated heterocycles. The van der Waals surface area contributed by atoms with Crippen molar-refractivity contribution in [2.75, 3.05) is 0 Å². The fourth-order valence-electron chi connectivity index (χ4n) is 0.654. The van der Waals surface area contributed by atoms with Crippen molar-refractivity contribution in [2.45, 2.75) is 13.1 Å². The highest BCUT2D eigenvalue weighted by atomic mass is 28.2. The van der Waals surface area contributed by atoms with E-state index in [4.69, 9.17) is 10.2 Å². The number of carbonyl (C=O) groups is 1. The third-order valence-electron chi connectivity index (χ3n) is 1.13. The summed E-state index contributed by atoms with van der Waals surface area (Å²) in [5.41, 5.74) is -0.0671. The van der Waals surface area contributed by atoms with Crippen LogP contribution < -0.4 is 0 Å². The van der Waals surface area contributed by atoms with Crippen molar-refractivity contribution in [1.29, 1.82) is 0 Å². The second kappa shape index (κ2) is 6.25. The molecule has 0 amide bonds. The standard InChI is InChI=1S/C7H6O3.C2H6Si/c8-6-4-2-1-3-5(6)7(9)10;1-3-2/h1-4,8H,(H,9,10);1-2H3. The Bertz CT molecular complexity index is 273. The third-order valence-corrected chi connectivity index (χ3v) is 1.13. The molecule has 0 saturated carbocycles. The smallest absolute Gasteiger partial charge is 0.339 e. The quantitative estimate of drug-likeness (QED) is 0.674. The van der Waals surface area contributed by atoms with Gasteiger partial charge in [0.2, 0.25) is 0 Å². The number of carboxylic acid groups (broad SMARTS) is 1. The second-order valence-electron chi connectivity index (χ2n) is 2.32. The molecule has 0 atom stereocenters. The van der Waals surface area contributed by atoms with Gasteiger partial charge in [-0.25, -0.2) is 4.79 Å². The van der Waals surface area contributed by atoms with Crippen LogP contribution in [0.3, 0.4) is 0 Å². The Kier molecular flexibility index (Phi) is 5.63. The van der Waals surface area contributed by atoms with Crippen molar-refractivity contribution >= 4 is 15.5 Å². The van der Waals surface area contributed by atoms with Crippen LogP contribution >= 0.6 is 0 Å². The van der Waals surface area contributed by atoms with Crippen LogP contribution in [0.15, 0.2) is 24.3 Å². The Morgan fingerprint density at radius 1 is 1.31 bits per heavy atom. The summed E-state index contributed by atoms with van der Waals surface area (Å²) in [7, 11) is 1.08. The molecule has 1 aromatic carbocycles. The van der Waals surface area contributed by atoms with Gasteiger partial charge in [0.15, 0.2) is 0 Å². The highest BCUT2D eigenvalue weighted by Crippen LogP contribution is 2.14. The fraction of sp³-hybridized carbons (Fsp3) is 0.222. The Balaban J connectivity index is 0.000000424. The van der Waals surface area contributed by atoms with E-state index in [2.05, 4.69) is 13.1 Å². The number of hydrogen-bond acceptors (Lipinski definition) is 2. The Labute approximate surface area is 79.9 Å². The molecule has 1 aromatic rings. The molecule has 0 heterocycles. The molecule has 0 aliphatic carbocycles. The van der Waals surface area contributed by atoms with Crippen molar-refractivity contribution in [3.63, 3.8) is 0 Å². The molecule has 4 heteroatoms. The van der Waals surface area contributed by atoms with E-state index >= 15 is 0 Å². The zero-order valence-electron chi connectivity index (χ0n) is 7.61. The highest BCUT2D eigenvalue weighted by Gasteiger charge is 2.05. The third kappa shape index (κ3) is 4.32. The minimum Gasteiger partial charge on any atom is -0.507 e. The first-order valence-corrected chi connectivity index (χ1v) is 5.73. The number of benzene rings is 1. The maximum atomic E-state index is 10.3. The number of rotatable bonds is 1. The molecule has 0 aliphatic rings. The van der Waals surface area contributed by atoms with E-state index in [0.717, 1.165) is 9.52 Å². The summed E-state index contributed by atoms with van der Waals surface area (Å²) in [6, 6.07) is 5.81. The number of aromatic hydroxyl groups is 1. The molecule has 70 valence electrons. The number of para-hydroxylation sites is 1. The number of aromatic carboxylic acids is 1. The topological polar surface area (TPSA) is 57.5 Å². The SMILES string of the molecule is C[Si]C.O=C(O)c1ccccc1O. The first-order chi connectivity index (χ1) is 6.13.